The Morgan fingerprint density at radius 3 is 2.67 bits per heavy atom. The second kappa shape index (κ2) is 10.6. The molecule has 1 saturated heterocycles. The highest BCUT2D eigenvalue weighted by atomic mass is 16.6. The van der Waals surface area contributed by atoms with E-state index in [1.807, 2.05) is 12.3 Å². The molecule has 1 aromatic heterocycles. The highest BCUT2D eigenvalue weighted by molar-refractivity contribution is 5.88. The summed E-state index contributed by atoms with van der Waals surface area (Å²) in [6.07, 6.45) is 3.14. The zero-order valence-electron chi connectivity index (χ0n) is 18.9. The normalized spacial score (nSPS) is 15.4. The minimum Gasteiger partial charge on any atom is -0.379 e. The fourth-order valence-corrected chi connectivity index (χ4v) is 4.49. The van der Waals surface area contributed by atoms with Crippen LogP contribution in [0.5, 0.6) is 0 Å². The van der Waals surface area contributed by atoms with Gasteiger partial charge in [-0.1, -0.05) is 37.3 Å². The number of aromatic nitrogens is 1. The van der Waals surface area contributed by atoms with Gasteiger partial charge in [0, 0.05) is 67.8 Å². The topological polar surface area (TPSA) is 100 Å². The molecule has 1 aliphatic heterocycles. The molecule has 0 radical (unpaired) electrons. The van der Waals surface area contributed by atoms with E-state index in [2.05, 4.69) is 34.3 Å². The van der Waals surface area contributed by atoms with E-state index in [1.54, 1.807) is 12.1 Å². The van der Waals surface area contributed by atoms with Crippen LogP contribution >= 0.6 is 0 Å². The first-order chi connectivity index (χ1) is 16.1. The zero-order chi connectivity index (χ0) is 23.2. The van der Waals surface area contributed by atoms with Crippen molar-refractivity contribution in [3.05, 3.63) is 75.5 Å². The van der Waals surface area contributed by atoms with Gasteiger partial charge in [0.25, 0.3) is 5.69 Å². The van der Waals surface area contributed by atoms with Crippen molar-refractivity contribution in [2.24, 2.45) is 0 Å². The highest BCUT2D eigenvalue weighted by Crippen LogP contribution is 2.35. The Morgan fingerprint density at radius 2 is 1.97 bits per heavy atom. The number of hydrogen-bond donors (Lipinski definition) is 2. The van der Waals surface area contributed by atoms with E-state index in [0.29, 0.717) is 6.54 Å². The number of rotatable bonds is 9. The molecular weight excluding hydrogens is 420 g/mol. The van der Waals surface area contributed by atoms with Gasteiger partial charge in [0.15, 0.2) is 0 Å². The summed E-state index contributed by atoms with van der Waals surface area (Å²) in [7, 11) is 0. The standard InChI is InChI=1S/C25H30N4O4/c1-2-18-4-3-5-21-23(17-27-25(18)21)22(19-6-8-20(9-7-19)29(31)32)16-24(30)26-10-11-28-12-14-33-15-13-28/h3-9,17,22,27H,2,10-16H2,1H3,(H,26,30). The maximum atomic E-state index is 12.9. The van der Waals surface area contributed by atoms with E-state index < -0.39 is 4.92 Å². The van der Waals surface area contributed by atoms with Crippen molar-refractivity contribution in [2.75, 3.05) is 39.4 Å². The van der Waals surface area contributed by atoms with Crippen LogP contribution in [0.3, 0.4) is 0 Å². The van der Waals surface area contributed by atoms with Crippen LogP contribution in [-0.4, -0.2) is 60.1 Å². The first kappa shape index (κ1) is 22.9. The number of hydrogen-bond acceptors (Lipinski definition) is 5. The van der Waals surface area contributed by atoms with Gasteiger partial charge in [0.2, 0.25) is 5.91 Å². The number of carbonyl (C=O) groups is 1. The van der Waals surface area contributed by atoms with Crippen molar-refractivity contribution in [3.8, 4) is 0 Å². The average Bonchev–Trinajstić information content (AvgIpc) is 3.27. The monoisotopic (exact) mass is 450 g/mol. The molecule has 174 valence electrons. The highest BCUT2D eigenvalue weighted by Gasteiger charge is 2.23. The van der Waals surface area contributed by atoms with Crippen molar-refractivity contribution < 1.29 is 14.5 Å². The summed E-state index contributed by atoms with van der Waals surface area (Å²) in [5.41, 5.74) is 4.25. The Labute approximate surface area is 193 Å². The van der Waals surface area contributed by atoms with Crippen LogP contribution in [-0.2, 0) is 16.0 Å². The predicted molar refractivity (Wildman–Crippen MR) is 128 cm³/mol. The first-order valence-electron chi connectivity index (χ1n) is 11.5. The van der Waals surface area contributed by atoms with Crippen LogP contribution in [0.1, 0.15) is 36.0 Å². The van der Waals surface area contributed by atoms with Crippen molar-refractivity contribution in [2.45, 2.75) is 25.7 Å². The van der Waals surface area contributed by atoms with Gasteiger partial charge in [-0.15, -0.1) is 0 Å². The lowest BCUT2D eigenvalue weighted by Crippen LogP contribution is -2.41. The van der Waals surface area contributed by atoms with Crippen molar-refractivity contribution in [3.63, 3.8) is 0 Å². The maximum Gasteiger partial charge on any atom is 0.269 e. The molecule has 0 saturated carbocycles. The predicted octanol–water partition coefficient (Wildman–Crippen LogP) is 3.61. The number of benzene rings is 2. The fourth-order valence-electron chi connectivity index (χ4n) is 4.49. The molecule has 0 aliphatic carbocycles. The van der Waals surface area contributed by atoms with Crippen molar-refractivity contribution in [1.29, 1.82) is 0 Å². The lowest BCUT2D eigenvalue weighted by atomic mass is 9.87. The Bertz CT molecular complexity index is 1100. The molecule has 1 aliphatic rings. The van der Waals surface area contributed by atoms with Gasteiger partial charge in [-0.05, 0) is 23.1 Å². The number of nitrogens with zero attached hydrogens (tertiary/aromatic N) is 2. The molecule has 0 bridgehead atoms. The molecular formula is C25H30N4O4. The number of para-hydroxylation sites is 1. The minimum atomic E-state index is -0.406. The van der Waals surface area contributed by atoms with E-state index >= 15 is 0 Å². The third-order valence-electron chi connectivity index (χ3n) is 6.34. The lowest BCUT2D eigenvalue weighted by Gasteiger charge is -2.26. The Balaban J connectivity index is 1.55. The molecule has 3 aromatic rings. The van der Waals surface area contributed by atoms with Gasteiger partial charge in [-0.2, -0.15) is 0 Å². The SMILES string of the molecule is CCc1cccc2c(C(CC(=O)NCCN3CCOCC3)c3ccc([N+](=O)[O-])cc3)c[nH]c12. The van der Waals surface area contributed by atoms with E-state index in [4.69, 9.17) is 4.74 Å². The van der Waals surface area contributed by atoms with Gasteiger partial charge in [0.05, 0.1) is 18.1 Å². The average molecular weight is 451 g/mol. The number of carbonyl (C=O) groups excluding carboxylic acids is 1. The van der Waals surface area contributed by atoms with Crippen LogP contribution in [0.4, 0.5) is 5.69 Å². The number of aryl methyl sites for hydroxylation is 1. The van der Waals surface area contributed by atoms with Crippen molar-refractivity contribution >= 4 is 22.5 Å². The number of nitro benzene ring substituents is 1. The molecule has 2 N–H and O–H groups in total. The summed E-state index contributed by atoms with van der Waals surface area (Å²) in [6, 6.07) is 12.7. The Kier molecular flexibility index (Phi) is 7.36. The lowest BCUT2D eigenvalue weighted by molar-refractivity contribution is -0.384. The Morgan fingerprint density at radius 1 is 1.21 bits per heavy atom. The van der Waals surface area contributed by atoms with Gasteiger partial charge < -0.3 is 15.0 Å². The molecule has 2 aromatic carbocycles. The van der Waals surface area contributed by atoms with Gasteiger partial charge in [-0.3, -0.25) is 19.8 Å². The smallest absolute Gasteiger partial charge is 0.269 e. The number of morpholine rings is 1. The van der Waals surface area contributed by atoms with E-state index in [9.17, 15) is 14.9 Å². The molecule has 1 amide bonds. The molecule has 33 heavy (non-hydrogen) atoms. The van der Waals surface area contributed by atoms with E-state index in [0.717, 1.165) is 61.3 Å². The summed E-state index contributed by atoms with van der Waals surface area (Å²) in [6.45, 7) is 6.73. The summed E-state index contributed by atoms with van der Waals surface area (Å²) in [5.74, 6) is -0.248. The number of aromatic amines is 1. The van der Waals surface area contributed by atoms with Crippen LogP contribution in [0.25, 0.3) is 10.9 Å². The molecule has 0 spiro atoms. The molecule has 1 fully saturated rings. The third-order valence-corrected chi connectivity index (χ3v) is 6.34. The van der Waals surface area contributed by atoms with Gasteiger partial charge in [0.1, 0.15) is 0 Å². The summed E-state index contributed by atoms with van der Waals surface area (Å²) >= 11 is 0. The largest absolute Gasteiger partial charge is 0.379 e. The second-order valence-electron chi connectivity index (χ2n) is 8.35. The molecule has 4 rings (SSSR count). The quantitative estimate of drug-likeness (QED) is 0.383. The second-order valence-corrected chi connectivity index (χ2v) is 8.35. The molecule has 1 unspecified atom stereocenters. The first-order valence-corrected chi connectivity index (χ1v) is 11.5. The number of amides is 1. The fraction of sp³-hybridized carbons (Fsp3) is 0.400. The van der Waals surface area contributed by atoms with Crippen LogP contribution in [0, 0.1) is 10.1 Å². The van der Waals surface area contributed by atoms with Crippen LogP contribution in [0.2, 0.25) is 0 Å². The summed E-state index contributed by atoms with van der Waals surface area (Å²) in [4.78, 5) is 29.3. The van der Waals surface area contributed by atoms with Gasteiger partial charge >= 0.3 is 0 Å². The van der Waals surface area contributed by atoms with Crippen LogP contribution in [0.15, 0.2) is 48.7 Å². The number of ether oxygens (including phenoxy) is 1. The summed E-state index contributed by atoms with van der Waals surface area (Å²) < 4.78 is 5.37. The molecule has 1 atom stereocenters. The maximum absolute atomic E-state index is 12.9. The number of nitro groups is 1. The van der Waals surface area contributed by atoms with Crippen LogP contribution < -0.4 is 5.32 Å². The Hall–Kier alpha value is -3.23. The molecule has 8 heteroatoms. The molecule has 8 nitrogen and oxygen atoms in total. The number of H-pyrrole nitrogens is 1. The zero-order valence-corrected chi connectivity index (χ0v) is 18.9. The van der Waals surface area contributed by atoms with Crippen molar-refractivity contribution in [1.82, 2.24) is 15.2 Å². The minimum absolute atomic E-state index is 0.0346. The van der Waals surface area contributed by atoms with E-state index in [1.165, 1.54) is 17.7 Å². The van der Waals surface area contributed by atoms with E-state index in [-0.39, 0.29) is 23.9 Å². The summed E-state index contributed by atoms with van der Waals surface area (Å²) in [5, 5.41) is 15.2. The van der Waals surface area contributed by atoms with Gasteiger partial charge in [-0.25, -0.2) is 0 Å². The molecule has 2 heterocycles. The number of fused-ring (bicyclic) bond motifs is 1. The number of non-ortho nitro benzene ring substituents is 1. The third kappa shape index (κ3) is 5.40. The number of nitrogens with one attached hydrogen (secondary N) is 2.